The van der Waals surface area contributed by atoms with Gasteiger partial charge in [-0.15, -0.1) is 0 Å². The van der Waals surface area contributed by atoms with Gasteiger partial charge in [0, 0.05) is 6.07 Å². The molecule has 0 fully saturated rings. The van der Waals surface area contributed by atoms with Crippen molar-refractivity contribution < 1.29 is 14.7 Å². The van der Waals surface area contributed by atoms with E-state index in [-0.39, 0.29) is 23.7 Å². The Kier molecular flexibility index (Phi) is 5.47. The lowest BCUT2D eigenvalue weighted by atomic mass is 10.0. The summed E-state index contributed by atoms with van der Waals surface area (Å²) in [6.07, 6.45) is 0. The molecule has 0 aliphatic rings. The zero-order valence-corrected chi connectivity index (χ0v) is 13.5. The van der Waals surface area contributed by atoms with E-state index in [4.69, 9.17) is 5.11 Å². The second-order valence-electron chi connectivity index (χ2n) is 5.73. The molecule has 0 saturated heterocycles. The van der Waals surface area contributed by atoms with Crippen LogP contribution in [-0.4, -0.2) is 32.8 Å². The number of nitrogens with one attached hydrogen (secondary N) is 1. The second kappa shape index (κ2) is 7.54. The highest BCUT2D eigenvalue weighted by atomic mass is 16.4. The summed E-state index contributed by atoms with van der Waals surface area (Å²) in [6, 6.07) is 10.8. The maximum atomic E-state index is 12.2. The number of hydrogen-bond donors (Lipinski definition) is 2. The first-order valence-corrected chi connectivity index (χ1v) is 7.54. The van der Waals surface area contributed by atoms with Crippen molar-refractivity contribution >= 4 is 11.9 Å². The molecule has 0 saturated carbocycles. The standard InChI is InChI=1S/C17H19N3O4/c1-11(2)15(17(23)24)18-16(22)13-8-9-14(21)20(19-13)10-12-6-4-3-5-7-12/h3-9,11,15H,10H2,1-2H3,(H,18,22)(H,23,24). The van der Waals surface area contributed by atoms with Crippen molar-refractivity contribution in [1.82, 2.24) is 15.1 Å². The molecule has 24 heavy (non-hydrogen) atoms. The van der Waals surface area contributed by atoms with Gasteiger partial charge in [0.1, 0.15) is 11.7 Å². The second-order valence-corrected chi connectivity index (χ2v) is 5.73. The highest BCUT2D eigenvalue weighted by Crippen LogP contribution is 2.04. The average Bonchev–Trinajstić information content (AvgIpc) is 2.54. The number of aromatic nitrogens is 2. The predicted molar refractivity (Wildman–Crippen MR) is 87.8 cm³/mol. The Morgan fingerprint density at radius 3 is 2.42 bits per heavy atom. The predicted octanol–water partition coefficient (Wildman–Crippen LogP) is 1.13. The molecule has 2 rings (SSSR count). The first-order valence-electron chi connectivity index (χ1n) is 7.54. The maximum Gasteiger partial charge on any atom is 0.326 e. The first kappa shape index (κ1) is 17.4. The Labute approximate surface area is 138 Å². The third kappa shape index (κ3) is 4.28. The number of rotatable bonds is 6. The van der Waals surface area contributed by atoms with Crippen LogP contribution in [0.25, 0.3) is 0 Å². The van der Waals surface area contributed by atoms with Crippen LogP contribution in [0.4, 0.5) is 0 Å². The van der Waals surface area contributed by atoms with Crippen molar-refractivity contribution in [2.75, 3.05) is 0 Å². The van der Waals surface area contributed by atoms with E-state index >= 15 is 0 Å². The van der Waals surface area contributed by atoms with Crippen LogP contribution in [0, 0.1) is 5.92 Å². The number of benzene rings is 1. The van der Waals surface area contributed by atoms with E-state index in [2.05, 4.69) is 10.4 Å². The van der Waals surface area contributed by atoms with Gasteiger partial charge in [0.2, 0.25) is 0 Å². The normalized spacial score (nSPS) is 12.0. The van der Waals surface area contributed by atoms with Crippen LogP contribution in [0.5, 0.6) is 0 Å². The minimum Gasteiger partial charge on any atom is -0.480 e. The lowest BCUT2D eigenvalue weighted by Gasteiger charge is -2.17. The van der Waals surface area contributed by atoms with E-state index in [0.29, 0.717) is 0 Å². The molecule has 0 spiro atoms. The molecule has 7 nitrogen and oxygen atoms in total. The Morgan fingerprint density at radius 1 is 1.17 bits per heavy atom. The zero-order chi connectivity index (χ0) is 17.7. The highest BCUT2D eigenvalue weighted by Gasteiger charge is 2.24. The fraction of sp³-hybridized carbons (Fsp3) is 0.294. The third-order valence-corrected chi connectivity index (χ3v) is 3.49. The minimum absolute atomic E-state index is 0.00238. The SMILES string of the molecule is CC(C)C(NC(=O)c1ccc(=O)n(Cc2ccccc2)n1)C(=O)O. The molecule has 0 aliphatic carbocycles. The van der Waals surface area contributed by atoms with Gasteiger partial charge < -0.3 is 10.4 Å². The van der Waals surface area contributed by atoms with Crippen LogP contribution < -0.4 is 10.9 Å². The summed E-state index contributed by atoms with van der Waals surface area (Å²) in [7, 11) is 0. The summed E-state index contributed by atoms with van der Waals surface area (Å²) in [5, 5.41) is 15.6. The molecule has 1 amide bonds. The largest absolute Gasteiger partial charge is 0.480 e. The van der Waals surface area contributed by atoms with Crippen molar-refractivity contribution in [2.45, 2.75) is 26.4 Å². The Balaban J connectivity index is 2.22. The number of carbonyl (C=O) groups is 2. The maximum absolute atomic E-state index is 12.2. The van der Waals surface area contributed by atoms with Crippen LogP contribution in [0.2, 0.25) is 0 Å². The topological polar surface area (TPSA) is 101 Å². The van der Waals surface area contributed by atoms with E-state index in [1.807, 2.05) is 30.3 Å². The number of amides is 1. The molecule has 126 valence electrons. The van der Waals surface area contributed by atoms with Crippen molar-refractivity contribution in [3.8, 4) is 0 Å². The van der Waals surface area contributed by atoms with Gasteiger partial charge in [-0.3, -0.25) is 9.59 Å². The fourth-order valence-corrected chi connectivity index (χ4v) is 2.17. The van der Waals surface area contributed by atoms with Crippen LogP contribution in [0.15, 0.2) is 47.3 Å². The third-order valence-electron chi connectivity index (χ3n) is 3.49. The fourth-order valence-electron chi connectivity index (χ4n) is 2.17. The molecule has 1 aromatic carbocycles. The minimum atomic E-state index is -1.11. The monoisotopic (exact) mass is 329 g/mol. The molecule has 1 aromatic heterocycles. The number of aliphatic carboxylic acids is 1. The lowest BCUT2D eigenvalue weighted by molar-refractivity contribution is -0.140. The first-order chi connectivity index (χ1) is 11.4. The molecule has 0 radical (unpaired) electrons. The van der Waals surface area contributed by atoms with E-state index in [0.717, 1.165) is 5.56 Å². The summed E-state index contributed by atoms with van der Waals surface area (Å²) >= 11 is 0. The van der Waals surface area contributed by atoms with Gasteiger partial charge in [-0.05, 0) is 17.5 Å². The summed E-state index contributed by atoms with van der Waals surface area (Å²) in [6.45, 7) is 3.62. The smallest absolute Gasteiger partial charge is 0.326 e. The number of carboxylic acid groups (broad SMARTS) is 1. The highest BCUT2D eigenvalue weighted by molar-refractivity contribution is 5.94. The molecule has 2 aromatic rings. The van der Waals surface area contributed by atoms with Gasteiger partial charge in [-0.2, -0.15) is 5.10 Å². The molecule has 1 heterocycles. The Hall–Kier alpha value is -2.96. The van der Waals surface area contributed by atoms with Gasteiger partial charge in [-0.1, -0.05) is 44.2 Å². The summed E-state index contributed by atoms with van der Waals surface area (Å²) in [5.41, 5.74) is 0.529. The Morgan fingerprint density at radius 2 is 1.83 bits per heavy atom. The molecular weight excluding hydrogens is 310 g/mol. The quantitative estimate of drug-likeness (QED) is 0.827. The van der Waals surface area contributed by atoms with Crippen molar-refractivity contribution in [1.29, 1.82) is 0 Å². The van der Waals surface area contributed by atoms with E-state index in [9.17, 15) is 14.4 Å². The molecule has 1 unspecified atom stereocenters. The molecule has 7 heteroatoms. The van der Waals surface area contributed by atoms with Crippen LogP contribution >= 0.6 is 0 Å². The number of carboxylic acids is 1. The average molecular weight is 329 g/mol. The molecule has 0 bridgehead atoms. The van der Waals surface area contributed by atoms with Crippen LogP contribution in [-0.2, 0) is 11.3 Å². The molecular formula is C17H19N3O4. The molecule has 0 aliphatic heterocycles. The number of nitrogens with zero attached hydrogens (tertiary/aromatic N) is 2. The van der Waals surface area contributed by atoms with Crippen molar-refractivity contribution in [3.63, 3.8) is 0 Å². The molecule has 1 atom stereocenters. The Bertz CT molecular complexity index is 784. The van der Waals surface area contributed by atoms with Gasteiger partial charge >= 0.3 is 5.97 Å². The van der Waals surface area contributed by atoms with E-state index < -0.39 is 17.9 Å². The van der Waals surface area contributed by atoms with Gasteiger partial charge in [-0.25, -0.2) is 9.48 Å². The lowest BCUT2D eigenvalue weighted by Crippen LogP contribution is -2.45. The summed E-state index contributed by atoms with van der Waals surface area (Å²) in [4.78, 5) is 35.3. The van der Waals surface area contributed by atoms with E-state index in [1.165, 1.54) is 16.8 Å². The van der Waals surface area contributed by atoms with Crippen molar-refractivity contribution in [2.24, 2.45) is 5.92 Å². The summed E-state index contributed by atoms with van der Waals surface area (Å²) in [5.74, 6) is -2.02. The van der Waals surface area contributed by atoms with Crippen LogP contribution in [0.1, 0.15) is 29.9 Å². The number of carbonyl (C=O) groups excluding carboxylic acids is 1. The van der Waals surface area contributed by atoms with Gasteiger partial charge in [0.15, 0.2) is 0 Å². The van der Waals surface area contributed by atoms with Gasteiger partial charge in [0.05, 0.1) is 6.54 Å². The van der Waals surface area contributed by atoms with Gasteiger partial charge in [0.25, 0.3) is 11.5 Å². The van der Waals surface area contributed by atoms with Crippen LogP contribution in [0.3, 0.4) is 0 Å². The molecule has 2 N–H and O–H groups in total. The summed E-state index contributed by atoms with van der Waals surface area (Å²) < 4.78 is 1.18. The van der Waals surface area contributed by atoms with Crippen molar-refractivity contribution in [3.05, 3.63) is 64.1 Å². The number of hydrogen-bond acceptors (Lipinski definition) is 4. The van der Waals surface area contributed by atoms with E-state index in [1.54, 1.807) is 13.8 Å². The zero-order valence-electron chi connectivity index (χ0n) is 13.5.